The van der Waals surface area contributed by atoms with E-state index < -0.39 is 4.92 Å². The number of aromatic nitrogens is 4. The molecule has 0 radical (unpaired) electrons. The molecule has 0 amide bonds. The number of anilines is 1. The van der Waals surface area contributed by atoms with Crippen LogP contribution in [0.4, 0.5) is 11.5 Å². The average Bonchev–Trinajstić information content (AvgIpc) is 2.37. The number of hydrogen-bond acceptors (Lipinski definition) is 7. The summed E-state index contributed by atoms with van der Waals surface area (Å²) in [5.41, 5.74) is 0.322. The number of nitrogens with one attached hydrogen (secondary N) is 1. The van der Waals surface area contributed by atoms with Crippen LogP contribution in [0.2, 0.25) is 5.15 Å². The van der Waals surface area contributed by atoms with E-state index in [2.05, 4.69) is 25.3 Å². The van der Waals surface area contributed by atoms with E-state index in [-0.39, 0.29) is 23.2 Å². The lowest BCUT2D eigenvalue weighted by Gasteiger charge is -2.05. The summed E-state index contributed by atoms with van der Waals surface area (Å²) in [6.07, 6.45) is 4.11. The first-order valence-corrected chi connectivity index (χ1v) is 5.20. The van der Waals surface area contributed by atoms with Crippen LogP contribution in [0.3, 0.4) is 0 Å². The normalized spacial score (nSPS) is 10.1. The van der Waals surface area contributed by atoms with E-state index in [1.165, 1.54) is 6.33 Å². The highest BCUT2D eigenvalue weighted by Gasteiger charge is 2.21. The van der Waals surface area contributed by atoms with Crippen LogP contribution in [0.5, 0.6) is 0 Å². The van der Waals surface area contributed by atoms with Crippen molar-refractivity contribution >= 4 is 23.1 Å². The molecule has 0 saturated heterocycles. The molecule has 0 aliphatic rings. The predicted octanol–water partition coefficient (Wildman–Crippen LogP) is 1.44. The van der Waals surface area contributed by atoms with E-state index in [0.29, 0.717) is 5.69 Å². The van der Waals surface area contributed by atoms with Gasteiger partial charge in [-0.1, -0.05) is 11.6 Å². The van der Waals surface area contributed by atoms with Gasteiger partial charge < -0.3 is 5.32 Å². The summed E-state index contributed by atoms with van der Waals surface area (Å²) in [5, 5.41) is 13.4. The topological polar surface area (TPSA) is 107 Å². The van der Waals surface area contributed by atoms with E-state index in [4.69, 9.17) is 11.6 Å². The Labute approximate surface area is 106 Å². The smallest absolute Gasteiger partial charge is 0.348 e. The molecule has 92 valence electrons. The Morgan fingerprint density at radius 2 is 2.17 bits per heavy atom. The minimum atomic E-state index is -0.634. The number of hydrogen-bond donors (Lipinski definition) is 1. The van der Waals surface area contributed by atoms with Gasteiger partial charge in [-0.3, -0.25) is 10.1 Å². The van der Waals surface area contributed by atoms with Crippen LogP contribution < -0.4 is 5.32 Å². The van der Waals surface area contributed by atoms with Crippen LogP contribution in [0.25, 0.3) is 0 Å². The first-order chi connectivity index (χ1) is 8.68. The number of nitrogens with zero attached hydrogens (tertiary/aromatic N) is 5. The number of halogens is 1. The fourth-order valence-corrected chi connectivity index (χ4v) is 1.45. The van der Waals surface area contributed by atoms with Gasteiger partial charge in [0.1, 0.15) is 12.7 Å². The summed E-state index contributed by atoms with van der Waals surface area (Å²) in [5.74, 6) is 0.0543. The second kappa shape index (κ2) is 5.32. The van der Waals surface area contributed by atoms with Gasteiger partial charge in [0.15, 0.2) is 0 Å². The van der Waals surface area contributed by atoms with Gasteiger partial charge in [-0.05, 0) is 6.07 Å². The molecule has 2 aromatic heterocycles. The van der Waals surface area contributed by atoms with Crippen molar-refractivity contribution in [1.29, 1.82) is 0 Å². The van der Waals surface area contributed by atoms with Gasteiger partial charge in [0.2, 0.25) is 11.0 Å². The zero-order chi connectivity index (χ0) is 13.0. The molecule has 0 fully saturated rings. The molecule has 0 aliphatic carbocycles. The summed E-state index contributed by atoms with van der Waals surface area (Å²) in [4.78, 5) is 25.3. The third-order valence-electron chi connectivity index (χ3n) is 2.04. The standard InChI is InChI=1S/C9H7ClN6O2/c10-8-7(16(17)18)9(15-5-14-8)12-3-6-1-2-11-4-13-6/h1-2,4-5H,3H2,(H,12,14,15). The molecular formula is C9H7ClN6O2. The molecule has 2 rings (SSSR count). The molecule has 0 bridgehead atoms. The Hall–Kier alpha value is -2.35. The fraction of sp³-hybridized carbons (Fsp3) is 0.111. The second-order valence-corrected chi connectivity index (χ2v) is 3.53. The Kier molecular flexibility index (Phi) is 3.58. The molecule has 18 heavy (non-hydrogen) atoms. The molecule has 2 aromatic rings. The van der Waals surface area contributed by atoms with Crippen molar-refractivity contribution in [3.8, 4) is 0 Å². The van der Waals surface area contributed by atoms with Crippen LogP contribution in [0, 0.1) is 10.1 Å². The van der Waals surface area contributed by atoms with Gasteiger partial charge in [0.25, 0.3) is 0 Å². The molecule has 0 unspecified atom stereocenters. The molecular weight excluding hydrogens is 260 g/mol. The molecule has 2 heterocycles. The van der Waals surface area contributed by atoms with E-state index in [1.54, 1.807) is 12.3 Å². The van der Waals surface area contributed by atoms with Gasteiger partial charge in [-0.2, -0.15) is 0 Å². The summed E-state index contributed by atoms with van der Waals surface area (Å²) < 4.78 is 0. The summed E-state index contributed by atoms with van der Waals surface area (Å²) >= 11 is 5.65. The maximum Gasteiger partial charge on any atom is 0.348 e. The first kappa shape index (κ1) is 12.1. The molecule has 8 nitrogen and oxygen atoms in total. The minimum absolute atomic E-state index is 0.0543. The summed E-state index contributed by atoms with van der Waals surface area (Å²) in [6, 6.07) is 1.68. The van der Waals surface area contributed by atoms with Gasteiger partial charge in [0.05, 0.1) is 17.2 Å². The molecule has 0 spiro atoms. The number of rotatable bonds is 4. The van der Waals surface area contributed by atoms with Crippen LogP contribution in [0.1, 0.15) is 5.69 Å². The Balaban J connectivity index is 2.20. The van der Waals surface area contributed by atoms with Crippen molar-refractivity contribution in [2.45, 2.75) is 6.54 Å². The lowest BCUT2D eigenvalue weighted by Crippen LogP contribution is -2.07. The summed E-state index contributed by atoms with van der Waals surface area (Å²) in [6.45, 7) is 0.275. The van der Waals surface area contributed by atoms with Crippen LogP contribution in [0.15, 0.2) is 24.9 Å². The highest BCUT2D eigenvalue weighted by Crippen LogP contribution is 2.28. The van der Waals surface area contributed by atoms with E-state index in [1.807, 2.05) is 0 Å². The molecule has 0 aliphatic heterocycles. The quantitative estimate of drug-likeness (QED) is 0.507. The van der Waals surface area contributed by atoms with Crippen LogP contribution in [-0.2, 0) is 6.54 Å². The van der Waals surface area contributed by atoms with Crippen LogP contribution >= 0.6 is 11.6 Å². The molecule has 1 N–H and O–H groups in total. The van der Waals surface area contributed by atoms with Crippen LogP contribution in [-0.4, -0.2) is 24.9 Å². The van der Waals surface area contributed by atoms with Crippen molar-refractivity contribution in [2.24, 2.45) is 0 Å². The fourth-order valence-electron chi connectivity index (χ4n) is 1.25. The number of nitro groups is 1. The Morgan fingerprint density at radius 1 is 1.33 bits per heavy atom. The highest BCUT2D eigenvalue weighted by atomic mass is 35.5. The summed E-state index contributed by atoms with van der Waals surface area (Å²) in [7, 11) is 0. The lowest BCUT2D eigenvalue weighted by atomic mass is 10.4. The predicted molar refractivity (Wildman–Crippen MR) is 63.1 cm³/mol. The molecule has 0 atom stereocenters. The minimum Gasteiger partial charge on any atom is -0.359 e. The van der Waals surface area contributed by atoms with Crippen molar-refractivity contribution < 1.29 is 4.92 Å². The van der Waals surface area contributed by atoms with Gasteiger partial charge in [0, 0.05) is 6.20 Å². The molecule has 0 aromatic carbocycles. The molecule has 9 heteroatoms. The van der Waals surface area contributed by atoms with Crippen molar-refractivity contribution in [2.75, 3.05) is 5.32 Å². The van der Waals surface area contributed by atoms with Crippen molar-refractivity contribution in [1.82, 2.24) is 19.9 Å². The largest absolute Gasteiger partial charge is 0.359 e. The SMILES string of the molecule is O=[N+]([O-])c1c(Cl)ncnc1NCc1ccncn1. The maximum atomic E-state index is 10.8. The average molecular weight is 267 g/mol. The monoisotopic (exact) mass is 266 g/mol. The van der Waals surface area contributed by atoms with Gasteiger partial charge >= 0.3 is 5.69 Å². The van der Waals surface area contributed by atoms with Crippen molar-refractivity contribution in [3.63, 3.8) is 0 Å². The van der Waals surface area contributed by atoms with Gasteiger partial charge in [-0.15, -0.1) is 0 Å². The van der Waals surface area contributed by atoms with Gasteiger partial charge in [-0.25, -0.2) is 19.9 Å². The second-order valence-electron chi connectivity index (χ2n) is 3.17. The third kappa shape index (κ3) is 2.66. The zero-order valence-electron chi connectivity index (χ0n) is 8.95. The Bertz CT molecular complexity index is 564. The highest BCUT2D eigenvalue weighted by molar-refractivity contribution is 6.31. The third-order valence-corrected chi connectivity index (χ3v) is 2.32. The van der Waals surface area contributed by atoms with Crippen molar-refractivity contribution in [3.05, 3.63) is 45.9 Å². The zero-order valence-corrected chi connectivity index (χ0v) is 9.70. The lowest BCUT2D eigenvalue weighted by molar-refractivity contribution is -0.384. The van der Waals surface area contributed by atoms with E-state index >= 15 is 0 Å². The van der Waals surface area contributed by atoms with E-state index in [0.717, 1.165) is 6.33 Å². The first-order valence-electron chi connectivity index (χ1n) is 4.82. The molecule has 0 saturated carbocycles. The van der Waals surface area contributed by atoms with E-state index in [9.17, 15) is 10.1 Å². The Morgan fingerprint density at radius 3 is 2.83 bits per heavy atom. The maximum absolute atomic E-state index is 10.8.